The lowest BCUT2D eigenvalue weighted by Gasteiger charge is -2.11. The molecule has 0 fully saturated rings. The van der Waals surface area contributed by atoms with Gasteiger partial charge in [0.05, 0.1) is 20.5 Å². The van der Waals surface area contributed by atoms with Gasteiger partial charge in [-0.15, -0.1) is 0 Å². The van der Waals surface area contributed by atoms with E-state index in [0.717, 1.165) is 0 Å². The summed E-state index contributed by atoms with van der Waals surface area (Å²) in [5.41, 5.74) is 1.03. The highest BCUT2D eigenvalue weighted by Crippen LogP contribution is 2.28. The van der Waals surface area contributed by atoms with Gasteiger partial charge in [-0.2, -0.15) is 0 Å². The molecule has 3 aromatic carbocycles. The van der Waals surface area contributed by atoms with Crippen LogP contribution in [0, 0.1) is 17.0 Å². The van der Waals surface area contributed by atoms with Crippen molar-refractivity contribution in [1.82, 2.24) is 0 Å². The lowest BCUT2D eigenvalue weighted by atomic mass is 10.1. The van der Waals surface area contributed by atoms with Crippen molar-refractivity contribution in [1.29, 1.82) is 0 Å². The van der Waals surface area contributed by atoms with Crippen LogP contribution in [0.15, 0.2) is 65.6 Å². The fourth-order valence-corrected chi connectivity index (χ4v) is 4.29. The minimum atomic E-state index is -3.92. The van der Waals surface area contributed by atoms with E-state index in [1.165, 1.54) is 67.6 Å². The van der Waals surface area contributed by atoms with E-state index in [9.17, 15) is 23.3 Å². The van der Waals surface area contributed by atoms with Crippen molar-refractivity contribution in [3.8, 4) is 0 Å². The van der Waals surface area contributed by atoms with Gasteiger partial charge in [0.25, 0.3) is 21.6 Å². The number of rotatable bonds is 6. The summed E-state index contributed by atoms with van der Waals surface area (Å²) in [5.74, 6) is -0.486. The number of nitrogens with zero attached hydrogens (tertiary/aromatic N) is 1. The molecule has 1 amide bonds. The number of nitro groups is 1. The summed E-state index contributed by atoms with van der Waals surface area (Å²) in [4.78, 5) is 22.7. The minimum Gasteiger partial charge on any atom is -0.322 e. The van der Waals surface area contributed by atoms with Crippen LogP contribution in [0.1, 0.15) is 15.9 Å². The normalized spacial score (nSPS) is 11.1. The first kappa shape index (κ1) is 22.5. The maximum Gasteiger partial charge on any atom is 0.272 e. The van der Waals surface area contributed by atoms with Crippen LogP contribution in [0.2, 0.25) is 10.0 Å². The summed E-state index contributed by atoms with van der Waals surface area (Å²) >= 11 is 11.8. The fraction of sp³-hybridized carbons (Fsp3) is 0.0500. The Kier molecular flexibility index (Phi) is 6.49. The van der Waals surface area contributed by atoms with Crippen LogP contribution in [-0.2, 0) is 10.0 Å². The van der Waals surface area contributed by atoms with Gasteiger partial charge in [-0.1, -0.05) is 23.2 Å². The number of aryl methyl sites for hydroxylation is 1. The molecule has 0 aliphatic rings. The van der Waals surface area contributed by atoms with Crippen molar-refractivity contribution >= 4 is 56.2 Å². The molecule has 0 unspecified atom stereocenters. The van der Waals surface area contributed by atoms with Crippen LogP contribution in [0.3, 0.4) is 0 Å². The monoisotopic (exact) mass is 479 g/mol. The average Bonchev–Trinajstić information content (AvgIpc) is 2.70. The van der Waals surface area contributed by atoms with Crippen LogP contribution in [0.5, 0.6) is 0 Å². The number of carbonyl (C=O) groups is 1. The molecular weight excluding hydrogens is 465 g/mol. The maximum absolute atomic E-state index is 12.6. The van der Waals surface area contributed by atoms with Gasteiger partial charge in [0.15, 0.2) is 0 Å². The van der Waals surface area contributed by atoms with E-state index in [0.29, 0.717) is 16.3 Å². The van der Waals surface area contributed by atoms with Crippen molar-refractivity contribution in [2.45, 2.75) is 11.8 Å². The molecule has 0 atom stereocenters. The smallest absolute Gasteiger partial charge is 0.272 e. The number of carbonyl (C=O) groups excluding carboxylic acids is 1. The van der Waals surface area contributed by atoms with Gasteiger partial charge in [0.1, 0.15) is 0 Å². The van der Waals surface area contributed by atoms with E-state index in [1.807, 2.05) is 0 Å². The third-order valence-corrected chi connectivity index (χ3v) is 6.18. The second-order valence-electron chi connectivity index (χ2n) is 6.47. The van der Waals surface area contributed by atoms with E-state index >= 15 is 0 Å². The van der Waals surface area contributed by atoms with Crippen LogP contribution < -0.4 is 10.0 Å². The summed E-state index contributed by atoms with van der Waals surface area (Å²) in [5, 5.41) is 14.0. The Morgan fingerprint density at radius 3 is 2.26 bits per heavy atom. The summed E-state index contributed by atoms with van der Waals surface area (Å²) in [6.07, 6.45) is 0. The second-order valence-corrected chi connectivity index (χ2v) is 8.99. The van der Waals surface area contributed by atoms with Crippen molar-refractivity contribution < 1.29 is 18.1 Å². The van der Waals surface area contributed by atoms with Crippen molar-refractivity contribution in [2.75, 3.05) is 10.0 Å². The van der Waals surface area contributed by atoms with Gasteiger partial charge in [0, 0.05) is 27.9 Å². The third-order valence-electron chi connectivity index (χ3n) is 4.25. The quantitative estimate of drug-likeness (QED) is 0.368. The van der Waals surface area contributed by atoms with Crippen molar-refractivity contribution in [3.05, 3.63) is 92.0 Å². The highest BCUT2D eigenvalue weighted by Gasteiger charge is 2.17. The number of anilines is 2. The zero-order valence-electron chi connectivity index (χ0n) is 15.9. The molecule has 0 aromatic heterocycles. The number of halogens is 2. The predicted molar refractivity (Wildman–Crippen MR) is 119 cm³/mol. The van der Waals surface area contributed by atoms with Gasteiger partial charge in [-0.05, 0) is 61.5 Å². The zero-order chi connectivity index (χ0) is 22.8. The Morgan fingerprint density at radius 1 is 1.00 bits per heavy atom. The Morgan fingerprint density at radius 2 is 1.68 bits per heavy atom. The van der Waals surface area contributed by atoms with Crippen LogP contribution in [-0.4, -0.2) is 19.2 Å². The fourth-order valence-electron chi connectivity index (χ4n) is 2.70. The third kappa shape index (κ3) is 5.32. The lowest BCUT2D eigenvalue weighted by molar-refractivity contribution is -0.385. The highest BCUT2D eigenvalue weighted by molar-refractivity contribution is 7.92. The number of sulfonamides is 1. The number of nitro benzene ring substituents is 1. The average molecular weight is 480 g/mol. The summed E-state index contributed by atoms with van der Waals surface area (Å²) in [6.45, 7) is 1.54. The largest absolute Gasteiger partial charge is 0.322 e. The van der Waals surface area contributed by atoms with Gasteiger partial charge < -0.3 is 5.32 Å². The Hall–Kier alpha value is -3.14. The van der Waals surface area contributed by atoms with Gasteiger partial charge in [0.2, 0.25) is 0 Å². The molecule has 8 nitrogen and oxygen atoms in total. The molecule has 3 rings (SSSR count). The lowest BCUT2D eigenvalue weighted by Crippen LogP contribution is -2.14. The molecule has 160 valence electrons. The molecule has 0 saturated carbocycles. The Bertz CT molecular complexity index is 1280. The molecule has 0 bridgehead atoms. The maximum atomic E-state index is 12.6. The topological polar surface area (TPSA) is 118 Å². The van der Waals surface area contributed by atoms with Gasteiger partial charge >= 0.3 is 0 Å². The zero-order valence-corrected chi connectivity index (χ0v) is 18.3. The Labute approximate surface area is 188 Å². The van der Waals surface area contributed by atoms with E-state index in [1.54, 1.807) is 0 Å². The molecule has 2 N–H and O–H groups in total. The van der Waals surface area contributed by atoms with Crippen LogP contribution >= 0.6 is 23.2 Å². The molecule has 11 heteroatoms. The molecule has 0 spiro atoms. The number of benzene rings is 3. The first-order valence-electron chi connectivity index (χ1n) is 8.71. The molecule has 0 saturated heterocycles. The number of hydrogen-bond donors (Lipinski definition) is 2. The van der Waals surface area contributed by atoms with E-state index in [2.05, 4.69) is 10.0 Å². The van der Waals surface area contributed by atoms with Gasteiger partial charge in [-0.25, -0.2) is 8.42 Å². The second kappa shape index (κ2) is 8.93. The van der Waals surface area contributed by atoms with Crippen molar-refractivity contribution in [2.24, 2.45) is 0 Å². The highest BCUT2D eigenvalue weighted by atomic mass is 35.5. The summed E-state index contributed by atoms with van der Waals surface area (Å²) < 4.78 is 27.5. The molecule has 0 aliphatic heterocycles. The minimum absolute atomic E-state index is 0.0392. The first-order chi connectivity index (χ1) is 14.6. The van der Waals surface area contributed by atoms with E-state index in [4.69, 9.17) is 23.2 Å². The summed E-state index contributed by atoms with van der Waals surface area (Å²) in [7, 11) is -3.92. The molecule has 0 heterocycles. The van der Waals surface area contributed by atoms with E-state index < -0.39 is 20.9 Å². The van der Waals surface area contributed by atoms with Crippen molar-refractivity contribution in [3.63, 3.8) is 0 Å². The Balaban J connectivity index is 1.74. The molecule has 31 heavy (non-hydrogen) atoms. The van der Waals surface area contributed by atoms with E-state index in [-0.39, 0.29) is 26.9 Å². The molecular formula is C20H15Cl2N3O5S. The van der Waals surface area contributed by atoms with Crippen LogP contribution in [0.25, 0.3) is 0 Å². The number of nitrogens with one attached hydrogen (secondary N) is 2. The summed E-state index contributed by atoms with van der Waals surface area (Å²) in [6, 6.07) is 13.9. The predicted octanol–water partition coefficient (Wildman–Crippen LogP) is 5.26. The number of amides is 1. The molecule has 3 aromatic rings. The standard InChI is InChI=1S/C20H15Cl2N3O5S/c1-12-10-13(2-9-19(12)25(27)28)20(26)23-15-4-6-16(7-5-15)31(29,30)24-18-8-3-14(21)11-17(18)22/h2-11,24H,1H3,(H,23,26). The SMILES string of the molecule is Cc1cc(C(=O)Nc2ccc(S(=O)(=O)Nc3ccc(Cl)cc3Cl)cc2)ccc1[N+](=O)[O-]. The van der Waals surface area contributed by atoms with Crippen LogP contribution in [0.4, 0.5) is 17.1 Å². The molecule has 0 radical (unpaired) electrons. The first-order valence-corrected chi connectivity index (χ1v) is 10.9. The molecule has 0 aliphatic carbocycles. The van der Waals surface area contributed by atoms with Gasteiger partial charge in [-0.3, -0.25) is 19.6 Å². The number of hydrogen-bond acceptors (Lipinski definition) is 5.